The summed E-state index contributed by atoms with van der Waals surface area (Å²) >= 11 is 3.56. The van der Waals surface area contributed by atoms with Crippen LogP contribution in [0.3, 0.4) is 0 Å². The Morgan fingerprint density at radius 2 is 1.76 bits per heavy atom. The molecule has 212 valence electrons. The summed E-state index contributed by atoms with van der Waals surface area (Å²) in [6.45, 7) is 9.95. The van der Waals surface area contributed by atoms with Crippen LogP contribution in [0.15, 0.2) is 59.7 Å². The van der Waals surface area contributed by atoms with Crippen LogP contribution in [0.5, 0.6) is 5.75 Å². The van der Waals surface area contributed by atoms with Crippen LogP contribution in [0, 0.1) is 0 Å². The van der Waals surface area contributed by atoms with Crippen molar-refractivity contribution in [2.45, 2.75) is 26.2 Å². The van der Waals surface area contributed by atoms with Crippen molar-refractivity contribution in [3.63, 3.8) is 0 Å². The quantitative estimate of drug-likeness (QED) is 0.190. The van der Waals surface area contributed by atoms with Gasteiger partial charge in [-0.05, 0) is 70.1 Å². The van der Waals surface area contributed by atoms with Gasteiger partial charge in [0.15, 0.2) is 0 Å². The van der Waals surface area contributed by atoms with Crippen LogP contribution in [0.1, 0.15) is 26.3 Å². The molecule has 0 aliphatic rings. The second kappa shape index (κ2) is 10.9. The lowest BCUT2D eigenvalue weighted by Gasteiger charge is -2.25. The minimum Gasteiger partial charge on any atom is -0.495 e. The first-order valence-electron chi connectivity index (χ1n) is 12.9. The van der Waals surface area contributed by atoms with Gasteiger partial charge in [0.05, 0.1) is 40.0 Å². The zero-order chi connectivity index (χ0) is 29.5. The van der Waals surface area contributed by atoms with Crippen molar-refractivity contribution >= 4 is 62.6 Å². The SMILES string of the molecule is COc1cc(C(C)(C)C)c(-c2cnn(C)c2)cc1Nc1ncc(Br)c(Nc2ccc3nccnc3c2P(C)(C)=O)n1. The highest BCUT2D eigenvalue weighted by Crippen LogP contribution is 2.42. The van der Waals surface area contributed by atoms with E-state index in [2.05, 4.69) is 67.4 Å². The van der Waals surface area contributed by atoms with Crippen LogP contribution in [-0.4, -0.2) is 50.2 Å². The minimum absolute atomic E-state index is 0.137. The summed E-state index contributed by atoms with van der Waals surface area (Å²) in [4.78, 5) is 18.1. The molecule has 3 aromatic heterocycles. The van der Waals surface area contributed by atoms with Crippen molar-refractivity contribution in [3.05, 3.63) is 65.3 Å². The smallest absolute Gasteiger partial charge is 0.229 e. The van der Waals surface area contributed by atoms with Crippen molar-refractivity contribution in [1.29, 1.82) is 0 Å². The van der Waals surface area contributed by atoms with E-state index >= 15 is 0 Å². The molecule has 0 unspecified atom stereocenters. The average molecular weight is 636 g/mol. The van der Waals surface area contributed by atoms with E-state index in [1.165, 1.54) is 0 Å². The Morgan fingerprint density at radius 3 is 2.41 bits per heavy atom. The number of benzene rings is 2. The van der Waals surface area contributed by atoms with Crippen molar-refractivity contribution in [2.24, 2.45) is 7.05 Å². The zero-order valence-electron chi connectivity index (χ0n) is 24.0. The van der Waals surface area contributed by atoms with Gasteiger partial charge in [-0.2, -0.15) is 10.1 Å². The highest BCUT2D eigenvalue weighted by molar-refractivity contribution is 9.10. The molecule has 0 radical (unpaired) electrons. The van der Waals surface area contributed by atoms with Crippen molar-refractivity contribution in [2.75, 3.05) is 31.1 Å². The number of hydrogen-bond donors (Lipinski definition) is 2. The van der Waals surface area contributed by atoms with E-state index in [4.69, 9.17) is 9.72 Å². The first-order chi connectivity index (χ1) is 19.3. The van der Waals surface area contributed by atoms with Crippen LogP contribution in [0.2, 0.25) is 0 Å². The molecule has 0 aliphatic carbocycles. The number of ether oxygens (including phenoxy) is 1. The summed E-state index contributed by atoms with van der Waals surface area (Å²) in [6.07, 6.45) is 8.73. The Morgan fingerprint density at radius 1 is 1.00 bits per heavy atom. The predicted molar refractivity (Wildman–Crippen MR) is 169 cm³/mol. The Balaban J connectivity index is 1.56. The number of fused-ring (bicyclic) bond motifs is 1. The van der Waals surface area contributed by atoms with Crippen LogP contribution in [-0.2, 0) is 17.0 Å². The molecule has 10 nitrogen and oxygen atoms in total. The molecule has 0 saturated carbocycles. The number of halogens is 1. The number of hydrogen-bond acceptors (Lipinski definition) is 9. The molecule has 2 aromatic carbocycles. The number of rotatable bonds is 7. The van der Waals surface area contributed by atoms with Crippen molar-refractivity contribution in [1.82, 2.24) is 29.7 Å². The number of methoxy groups -OCH3 is 1. The van der Waals surface area contributed by atoms with Gasteiger partial charge in [-0.25, -0.2) is 4.98 Å². The predicted octanol–water partition coefficient (Wildman–Crippen LogP) is 6.62. The highest BCUT2D eigenvalue weighted by atomic mass is 79.9. The summed E-state index contributed by atoms with van der Waals surface area (Å²) in [7, 11) is 0.797. The molecule has 12 heteroatoms. The van der Waals surface area contributed by atoms with Gasteiger partial charge < -0.3 is 19.9 Å². The molecule has 0 aliphatic heterocycles. The third-order valence-electron chi connectivity index (χ3n) is 6.56. The molecule has 2 N–H and O–H groups in total. The van der Waals surface area contributed by atoms with E-state index in [0.29, 0.717) is 49.7 Å². The van der Waals surface area contributed by atoms with Crippen LogP contribution in [0.25, 0.3) is 22.2 Å². The molecule has 41 heavy (non-hydrogen) atoms. The number of aromatic nitrogens is 6. The molecule has 0 atom stereocenters. The van der Waals surface area contributed by atoms with Crippen LogP contribution < -0.4 is 20.7 Å². The first kappa shape index (κ1) is 28.7. The monoisotopic (exact) mass is 634 g/mol. The van der Waals surface area contributed by atoms with Gasteiger partial charge in [0.25, 0.3) is 0 Å². The summed E-state index contributed by atoms with van der Waals surface area (Å²) in [5, 5.41) is 11.7. The summed E-state index contributed by atoms with van der Waals surface area (Å²) < 4.78 is 21.6. The van der Waals surface area contributed by atoms with Gasteiger partial charge in [-0.3, -0.25) is 14.6 Å². The molecule has 3 heterocycles. The molecule has 5 aromatic rings. The topological polar surface area (TPSA) is 120 Å². The van der Waals surface area contributed by atoms with E-state index in [9.17, 15) is 4.57 Å². The lowest BCUT2D eigenvalue weighted by Crippen LogP contribution is -2.14. The maximum absolute atomic E-state index is 13.4. The lowest BCUT2D eigenvalue weighted by molar-refractivity contribution is 0.415. The Labute approximate surface area is 247 Å². The summed E-state index contributed by atoms with van der Waals surface area (Å²) in [5.41, 5.74) is 5.65. The van der Waals surface area contributed by atoms with Gasteiger partial charge in [0.2, 0.25) is 5.95 Å². The molecule has 0 bridgehead atoms. The van der Waals surface area contributed by atoms with Crippen molar-refractivity contribution in [3.8, 4) is 16.9 Å². The Kier molecular flexibility index (Phi) is 7.61. The average Bonchev–Trinajstić information content (AvgIpc) is 3.35. The maximum atomic E-state index is 13.4. The van der Waals surface area contributed by atoms with Gasteiger partial charge in [0.1, 0.15) is 24.2 Å². The fourth-order valence-electron chi connectivity index (χ4n) is 4.70. The fourth-order valence-corrected chi connectivity index (χ4v) is 6.38. The number of anilines is 4. The molecule has 0 amide bonds. The van der Waals surface area contributed by atoms with E-state index in [1.807, 2.05) is 43.7 Å². The standard InChI is InChI=1S/C29H32BrN8O2P/c1-29(2,3)19-13-24(40-5)23(12-18(19)17-14-34-38(4)16-17)36-28-33-15-20(30)27(37-28)35-22-9-8-21-25(32-11-10-31-21)26(22)41(6,7)39/h8-16H,1-7H3,(H2,33,35,36,37). The molecular weight excluding hydrogens is 603 g/mol. The highest BCUT2D eigenvalue weighted by Gasteiger charge is 2.24. The number of nitrogens with one attached hydrogen (secondary N) is 2. The summed E-state index contributed by atoms with van der Waals surface area (Å²) in [6, 6.07) is 7.78. The lowest BCUT2D eigenvalue weighted by atomic mass is 9.82. The van der Waals surface area contributed by atoms with Gasteiger partial charge in [-0.15, -0.1) is 0 Å². The van der Waals surface area contributed by atoms with E-state index in [-0.39, 0.29) is 5.41 Å². The molecule has 0 fully saturated rings. The third kappa shape index (κ3) is 5.96. The Hall–Kier alpha value is -3.82. The molecule has 5 rings (SSSR count). The molecule has 0 spiro atoms. The largest absolute Gasteiger partial charge is 0.495 e. The van der Waals surface area contributed by atoms with E-state index in [1.54, 1.807) is 43.7 Å². The van der Waals surface area contributed by atoms with E-state index in [0.717, 1.165) is 16.7 Å². The Bertz CT molecular complexity index is 1810. The zero-order valence-corrected chi connectivity index (χ0v) is 26.5. The fraction of sp³-hybridized carbons (Fsp3) is 0.276. The molecular formula is C29H32BrN8O2P. The summed E-state index contributed by atoms with van der Waals surface area (Å²) in [5.74, 6) is 1.52. The maximum Gasteiger partial charge on any atom is 0.229 e. The first-order valence-corrected chi connectivity index (χ1v) is 16.3. The normalized spacial score (nSPS) is 12.0. The van der Waals surface area contributed by atoms with Crippen LogP contribution in [0.4, 0.5) is 23.1 Å². The van der Waals surface area contributed by atoms with Crippen LogP contribution >= 0.6 is 23.1 Å². The van der Waals surface area contributed by atoms with Crippen molar-refractivity contribution < 1.29 is 9.30 Å². The van der Waals surface area contributed by atoms with E-state index < -0.39 is 7.14 Å². The van der Waals surface area contributed by atoms with Gasteiger partial charge >= 0.3 is 0 Å². The number of aryl methyl sites for hydroxylation is 1. The minimum atomic E-state index is -2.75. The van der Waals surface area contributed by atoms with Gasteiger partial charge in [0, 0.05) is 37.4 Å². The second-order valence-corrected chi connectivity index (χ2v) is 15.1. The van der Waals surface area contributed by atoms with Gasteiger partial charge in [-0.1, -0.05) is 20.8 Å². The number of nitrogens with zero attached hydrogens (tertiary/aromatic N) is 6. The second-order valence-electron chi connectivity index (χ2n) is 11.1. The third-order valence-corrected chi connectivity index (χ3v) is 8.67. The molecule has 0 saturated heterocycles.